The Kier molecular flexibility index (Phi) is 6.84. The molecule has 0 heterocycles. The molecule has 0 N–H and O–H groups in total. The topological polar surface area (TPSA) is 0 Å². The van der Waals surface area contributed by atoms with Gasteiger partial charge in [0.25, 0.3) is 0 Å². The summed E-state index contributed by atoms with van der Waals surface area (Å²) >= 11 is 5.74. The van der Waals surface area contributed by atoms with Crippen LogP contribution in [0, 0.1) is 17.8 Å². The molecule has 0 spiro atoms. The minimum absolute atomic E-state index is 0.747. The molecule has 2 aliphatic rings. The van der Waals surface area contributed by atoms with Gasteiger partial charge in [0.2, 0.25) is 0 Å². The first kappa shape index (κ1) is 18.1. The van der Waals surface area contributed by atoms with Gasteiger partial charge in [-0.1, -0.05) is 55.3 Å². The van der Waals surface area contributed by atoms with Gasteiger partial charge in [-0.25, -0.2) is 0 Å². The Bertz CT molecular complexity index is 499. The molecule has 2 fully saturated rings. The van der Waals surface area contributed by atoms with Crippen LogP contribution in [-0.4, -0.2) is 0 Å². The molecule has 1 aromatic carbocycles. The van der Waals surface area contributed by atoms with Crippen LogP contribution < -0.4 is 0 Å². The van der Waals surface area contributed by atoms with Gasteiger partial charge in [-0.3, -0.25) is 0 Å². The number of hydrogen-bond acceptors (Lipinski definition) is 0. The largest absolute Gasteiger partial charge is 0.0933 e. The lowest BCUT2D eigenvalue weighted by Gasteiger charge is -2.37. The minimum Gasteiger partial charge on any atom is -0.0933 e. The van der Waals surface area contributed by atoms with E-state index in [1.165, 1.54) is 69.8 Å². The number of allylic oxidation sites excluding steroid dienone is 1. The third-order valence-electron chi connectivity index (χ3n) is 6.59. The van der Waals surface area contributed by atoms with Gasteiger partial charge in [-0.05, 0) is 92.6 Å². The highest BCUT2D eigenvalue weighted by Gasteiger charge is 2.30. The summed E-state index contributed by atoms with van der Waals surface area (Å²) in [6, 6.07) is 9.52. The molecule has 0 aliphatic heterocycles. The van der Waals surface area contributed by atoms with Crippen molar-refractivity contribution in [3.05, 3.63) is 47.0 Å². The first-order valence-corrected chi connectivity index (χ1v) is 10.6. The first-order chi connectivity index (χ1) is 11.8. The van der Waals surface area contributed by atoms with Crippen LogP contribution in [0.2, 0.25) is 0 Å². The molecular weight excluding hydrogens is 312 g/mol. The zero-order chi connectivity index (χ0) is 16.8. The fourth-order valence-electron chi connectivity index (χ4n) is 5.08. The summed E-state index contributed by atoms with van der Waals surface area (Å²) in [5.74, 6) is 3.53. The standard InChI is InChI=1S/C23H33Cl/c1-2-3-18-4-8-20(9-5-18)22-12-14-23(15-13-22)21-10-6-19(7-11-21)16-17-24/h4-5,8-9,16-17,19,21-23H,2-3,6-7,10-15H2,1H3/b17-16+/t19-,21-,22?,23?. The smallest absolute Gasteiger partial charge is 0.000525 e. The highest BCUT2D eigenvalue weighted by atomic mass is 35.5. The van der Waals surface area contributed by atoms with E-state index in [1.807, 2.05) is 0 Å². The lowest BCUT2D eigenvalue weighted by Crippen LogP contribution is -2.25. The predicted octanol–water partition coefficient (Wildman–Crippen LogP) is 7.47. The van der Waals surface area contributed by atoms with E-state index in [4.69, 9.17) is 11.6 Å². The van der Waals surface area contributed by atoms with Gasteiger partial charge < -0.3 is 0 Å². The Hall–Kier alpha value is -0.750. The summed E-state index contributed by atoms with van der Waals surface area (Å²) in [6.45, 7) is 2.26. The van der Waals surface area contributed by atoms with Crippen LogP contribution in [0.15, 0.2) is 35.9 Å². The molecule has 3 rings (SSSR count). The van der Waals surface area contributed by atoms with Crippen molar-refractivity contribution in [1.82, 2.24) is 0 Å². The maximum atomic E-state index is 5.74. The average molecular weight is 345 g/mol. The van der Waals surface area contributed by atoms with Gasteiger partial charge in [0, 0.05) is 5.54 Å². The van der Waals surface area contributed by atoms with E-state index in [0.717, 1.165) is 23.7 Å². The van der Waals surface area contributed by atoms with E-state index in [9.17, 15) is 0 Å². The molecule has 2 aliphatic carbocycles. The summed E-state index contributed by atoms with van der Waals surface area (Å²) in [5.41, 5.74) is 4.81. The Morgan fingerprint density at radius 3 is 2.00 bits per heavy atom. The van der Waals surface area contributed by atoms with Crippen molar-refractivity contribution in [1.29, 1.82) is 0 Å². The molecule has 132 valence electrons. The highest BCUT2D eigenvalue weighted by molar-refractivity contribution is 6.25. The second-order valence-electron chi connectivity index (χ2n) is 8.10. The number of hydrogen-bond donors (Lipinski definition) is 0. The van der Waals surface area contributed by atoms with Gasteiger partial charge in [0.05, 0.1) is 0 Å². The van der Waals surface area contributed by atoms with Crippen LogP contribution in [-0.2, 0) is 6.42 Å². The summed E-state index contributed by atoms with van der Waals surface area (Å²) in [6.07, 6.45) is 15.9. The van der Waals surface area contributed by atoms with Crippen LogP contribution in [0.25, 0.3) is 0 Å². The maximum Gasteiger partial charge on any atom is 0.000525 e. The molecule has 0 aromatic heterocycles. The molecule has 0 bridgehead atoms. The van der Waals surface area contributed by atoms with Crippen LogP contribution in [0.1, 0.15) is 81.8 Å². The van der Waals surface area contributed by atoms with Gasteiger partial charge in [0.15, 0.2) is 0 Å². The Morgan fingerprint density at radius 2 is 1.46 bits per heavy atom. The molecule has 2 saturated carbocycles. The lowest BCUT2D eigenvalue weighted by atomic mass is 9.68. The van der Waals surface area contributed by atoms with Crippen LogP contribution >= 0.6 is 11.6 Å². The predicted molar refractivity (Wildman–Crippen MR) is 106 cm³/mol. The number of aryl methyl sites for hydroxylation is 1. The van der Waals surface area contributed by atoms with Gasteiger partial charge in [0.1, 0.15) is 0 Å². The van der Waals surface area contributed by atoms with E-state index < -0.39 is 0 Å². The Labute approximate surface area is 153 Å². The summed E-state index contributed by atoms with van der Waals surface area (Å²) in [4.78, 5) is 0. The zero-order valence-corrected chi connectivity index (χ0v) is 16.0. The molecular formula is C23H33Cl. The molecule has 24 heavy (non-hydrogen) atoms. The Balaban J connectivity index is 1.47. The van der Waals surface area contributed by atoms with E-state index in [1.54, 1.807) is 11.1 Å². The molecule has 0 atom stereocenters. The average Bonchev–Trinajstić information content (AvgIpc) is 2.64. The van der Waals surface area contributed by atoms with Crippen molar-refractivity contribution in [3.63, 3.8) is 0 Å². The van der Waals surface area contributed by atoms with E-state index >= 15 is 0 Å². The van der Waals surface area contributed by atoms with E-state index in [2.05, 4.69) is 37.3 Å². The molecule has 0 unspecified atom stereocenters. The molecule has 0 radical (unpaired) electrons. The number of rotatable bonds is 5. The van der Waals surface area contributed by atoms with Gasteiger partial charge in [-0.2, -0.15) is 0 Å². The monoisotopic (exact) mass is 344 g/mol. The zero-order valence-electron chi connectivity index (χ0n) is 15.2. The van der Waals surface area contributed by atoms with Crippen LogP contribution in [0.4, 0.5) is 0 Å². The second-order valence-corrected chi connectivity index (χ2v) is 8.35. The quantitative estimate of drug-likeness (QED) is 0.519. The van der Waals surface area contributed by atoms with Crippen molar-refractivity contribution >= 4 is 11.6 Å². The lowest BCUT2D eigenvalue weighted by molar-refractivity contribution is 0.171. The fraction of sp³-hybridized carbons (Fsp3) is 0.652. The van der Waals surface area contributed by atoms with E-state index in [0.29, 0.717) is 0 Å². The molecule has 0 nitrogen and oxygen atoms in total. The number of halogens is 1. The van der Waals surface area contributed by atoms with Crippen molar-refractivity contribution in [3.8, 4) is 0 Å². The van der Waals surface area contributed by atoms with Crippen molar-refractivity contribution in [2.45, 2.75) is 77.0 Å². The van der Waals surface area contributed by atoms with Crippen LogP contribution in [0.3, 0.4) is 0 Å². The van der Waals surface area contributed by atoms with Crippen molar-refractivity contribution in [2.24, 2.45) is 17.8 Å². The fourth-order valence-corrected chi connectivity index (χ4v) is 5.29. The maximum absolute atomic E-state index is 5.74. The first-order valence-electron chi connectivity index (χ1n) is 10.2. The van der Waals surface area contributed by atoms with Gasteiger partial charge >= 0.3 is 0 Å². The summed E-state index contributed by atoms with van der Waals surface area (Å²) in [7, 11) is 0. The van der Waals surface area contributed by atoms with E-state index in [-0.39, 0.29) is 0 Å². The minimum atomic E-state index is 0.747. The van der Waals surface area contributed by atoms with Crippen molar-refractivity contribution < 1.29 is 0 Å². The van der Waals surface area contributed by atoms with Crippen LogP contribution in [0.5, 0.6) is 0 Å². The third-order valence-corrected chi connectivity index (χ3v) is 6.74. The SMILES string of the molecule is CCCc1ccc(C2CCC([C@H]3CC[C@H](/C=C/Cl)CC3)CC2)cc1. The molecule has 1 heteroatoms. The second kappa shape index (κ2) is 9.09. The Morgan fingerprint density at radius 1 is 0.875 bits per heavy atom. The number of benzene rings is 1. The molecule has 0 amide bonds. The molecule has 1 aromatic rings. The summed E-state index contributed by atoms with van der Waals surface area (Å²) < 4.78 is 0. The van der Waals surface area contributed by atoms with Crippen molar-refractivity contribution in [2.75, 3.05) is 0 Å². The summed E-state index contributed by atoms with van der Waals surface area (Å²) in [5, 5.41) is 0. The molecule has 0 saturated heterocycles. The van der Waals surface area contributed by atoms with Gasteiger partial charge in [-0.15, -0.1) is 0 Å². The normalized spacial score (nSPS) is 31.4. The highest BCUT2D eigenvalue weighted by Crippen LogP contribution is 2.44. The third kappa shape index (κ3) is 4.66.